The van der Waals surface area contributed by atoms with Gasteiger partial charge in [-0.15, -0.1) is 0 Å². The van der Waals surface area contributed by atoms with Crippen molar-refractivity contribution in [2.24, 2.45) is 0 Å². The molecule has 0 radical (unpaired) electrons. The summed E-state index contributed by atoms with van der Waals surface area (Å²) < 4.78 is 6.30. The number of ether oxygens (including phenoxy) is 1. The summed E-state index contributed by atoms with van der Waals surface area (Å²) in [4.78, 5) is 13.9. The van der Waals surface area contributed by atoms with Crippen LogP contribution in [0.25, 0.3) is 78.1 Å². The molecular weight excluding hydrogens is 623 g/mol. The Hall–Kier alpha value is -6.49. The van der Waals surface area contributed by atoms with Gasteiger partial charge < -0.3 is 4.74 Å². The predicted octanol–water partition coefficient (Wildman–Crippen LogP) is 11.6. The number of hydrogen-bond acceptors (Lipinski definition) is 4. The second kappa shape index (κ2) is 13.4. The molecule has 5 aromatic carbocycles. The van der Waals surface area contributed by atoms with E-state index in [4.69, 9.17) is 9.72 Å². The highest BCUT2D eigenvalue weighted by Crippen LogP contribution is 2.40. The van der Waals surface area contributed by atoms with E-state index < -0.39 is 0 Å². The molecule has 0 fully saturated rings. The molecule has 51 heavy (non-hydrogen) atoms. The second-order valence-corrected chi connectivity index (χ2v) is 12.9. The SMILES string of the molecule is c1ccc(-c2cc(-c3ccc4c(c3)-c3ccc(-c5cc(-c6cccnc6)cc(-c6cccnc6)c5)cc3COC4)cc(-c3ccccc3)n2)cc1. The monoisotopic (exact) mass is 655 g/mol. The second-order valence-electron chi connectivity index (χ2n) is 12.9. The van der Waals surface area contributed by atoms with E-state index in [0.29, 0.717) is 13.2 Å². The van der Waals surface area contributed by atoms with Crippen molar-refractivity contribution in [3.8, 4) is 78.1 Å². The molecule has 4 nitrogen and oxygen atoms in total. The molecule has 0 atom stereocenters. The van der Waals surface area contributed by atoms with Crippen LogP contribution in [0.4, 0.5) is 0 Å². The lowest BCUT2D eigenvalue weighted by molar-refractivity contribution is 0.110. The van der Waals surface area contributed by atoms with E-state index in [1.165, 1.54) is 22.3 Å². The Balaban J connectivity index is 1.14. The average Bonchev–Trinajstić information content (AvgIpc) is 3.40. The van der Waals surface area contributed by atoms with E-state index in [0.717, 1.165) is 67.0 Å². The Morgan fingerprint density at radius 2 is 0.863 bits per heavy atom. The standard InChI is InChI=1S/C47H33N3O/c1-3-9-32(10-4-1)46-26-42(27-47(50-46)33-11-5-2-6-12-33)35-15-16-38-30-51-31-43-21-34(17-18-44(43)45(38)25-35)39-22-40(36-13-7-19-48-28-36)24-41(23-39)37-14-8-20-49-29-37/h1-29H,30-31H2. The van der Waals surface area contributed by atoms with E-state index in [-0.39, 0.29) is 0 Å². The van der Waals surface area contributed by atoms with Crippen LogP contribution in [0, 0.1) is 0 Å². The minimum Gasteiger partial charge on any atom is -0.372 e. The van der Waals surface area contributed by atoms with Crippen molar-refractivity contribution < 1.29 is 4.74 Å². The maximum atomic E-state index is 6.30. The minimum absolute atomic E-state index is 0.538. The fourth-order valence-corrected chi connectivity index (χ4v) is 6.96. The van der Waals surface area contributed by atoms with Crippen molar-refractivity contribution >= 4 is 0 Å². The van der Waals surface area contributed by atoms with Gasteiger partial charge in [-0.05, 0) is 110 Å². The summed E-state index contributed by atoms with van der Waals surface area (Å²) in [7, 11) is 0. The summed E-state index contributed by atoms with van der Waals surface area (Å²) in [5.41, 5.74) is 17.8. The van der Waals surface area contributed by atoms with Gasteiger partial charge in [0.05, 0.1) is 24.6 Å². The molecule has 8 aromatic rings. The van der Waals surface area contributed by atoms with Crippen LogP contribution in [0.1, 0.15) is 11.1 Å². The fourth-order valence-electron chi connectivity index (χ4n) is 6.96. The van der Waals surface area contributed by atoms with Gasteiger partial charge in [0.2, 0.25) is 0 Å². The zero-order valence-corrected chi connectivity index (χ0v) is 27.9. The molecule has 4 heteroatoms. The molecule has 1 aliphatic heterocycles. The van der Waals surface area contributed by atoms with Gasteiger partial charge in [-0.1, -0.05) is 97.1 Å². The first-order valence-corrected chi connectivity index (χ1v) is 17.2. The number of fused-ring (bicyclic) bond motifs is 3. The third-order valence-electron chi connectivity index (χ3n) is 9.57. The summed E-state index contributed by atoms with van der Waals surface area (Å²) >= 11 is 0. The van der Waals surface area contributed by atoms with Crippen LogP contribution in [0.2, 0.25) is 0 Å². The molecule has 0 aliphatic carbocycles. The Morgan fingerprint density at radius 1 is 0.353 bits per heavy atom. The highest BCUT2D eigenvalue weighted by molar-refractivity contribution is 5.85. The molecule has 9 rings (SSSR count). The lowest BCUT2D eigenvalue weighted by atomic mass is 9.89. The van der Waals surface area contributed by atoms with Crippen LogP contribution >= 0.6 is 0 Å². The Morgan fingerprint density at radius 3 is 1.45 bits per heavy atom. The van der Waals surface area contributed by atoms with Crippen molar-refractivity contribution in [3.05, 3.63) is 188 Å². The lowest BCUT2D eigenvalue weighted by Gasteiger charge is -2.15. The van der Waals surface area contributed by atoms with Gasteiger partial charge in [0.1, 0.15) is 0 Å². The first kappa shape index (κ1) is 30.6. The molecule has 0 bridgehead atoms. The topological polar surface area (TPSA) is 47.9 Å². The quantitative estimate of drug-likeness (QED) is 0.179. The molecule has 1 aliphatic rings. The van der Waals surface area contributed by atoms with E-state index in [9.17, 15) is 0 Å². The largest absolute Gasteiger partial charge is 0.372 e. The van der Waals surface area contributed by atoms with Gasteiger partial charge in [-0.2, -0.15) is 0 Å². The molecule has 0 saturated carbocycles. The van der Waals surface area contributed by atoms with Gasteiger partial charge in [-0.25, -0.2) is 4.98 Å². The fraction of sp³-hybridized carbons (Fsp3) is 0.0426. The smallest absolute Gasteiger partial charge is 0.0727 e. The van der Waals surface area contributed by atoms with E-state index in [1.54, 1.807) is 0 Å². The van der Waals surface area contributed by atoms with Gasteiger partial charge >= 0.3 is 0 Å². The summed E-state index contributed by atoms with van der Waals surface area (Å²) in [6, 6.07) is 53.7. The van der Waals surface area contributed by atoms with Crippen molar-refractivity contribution in [2.45, 2.75) is 13.2 Å². The van der Waals surface area contributed by atoms with Gasteiger partial charge in [0.25, 0.3) is 0 Å². The first-order valence-electron chi connectivity index (χ1n) is 17.2. The van der Waals surface area contributed by atoms with Gasteiger partial charge in [0.15, 0.2) is 0 Å². The minimum atomic E-state index is 0.538. The summed E-state index contributed by atoms with van der Waals surface area (Å²) in [6.45, 7) is 1.10. The van der Waals surface area contributed by atoms with E-state index in [2.05, 4.69) is 137 Å². The average molecular weight is 656 g/mol. The first-order chi connectivity index (χ1) is 25.2. The molecule has 0 spiro atoms. The molecule has 242 valence electrons. The molecule has 0 N–H and O–H groups in total. The molecule has 4 heterocycles. The number of nitrogens with zero attached hydrogens (tertiary/aromatic N) is 3. The van der Waals surface area contributed by atoms with Crippen molar-refractivity contribution in [1.82, 2.24) is 15.0 Å². The molecule has 0 saturated heterocycles. The van der Waals surface area contributed by atoms with Crippen LogP contribution in [-0.4, -0.2) is 15.0 Å². The third kappa shape index (κ3) is 6.25. The van der Waals surface area contributed by atoms with Crippen LogP contribution in [-0.2, 0) is 18.0 Å². The zero-order valence-electron chi connectivity index (χ0n) is 27.9. The predicted molar refractivity (Wildman–Crippen MR) is 206 cm³/mol. The number of aromatic nitrogens is 3. The number of rotatable bonds is 6. The highest BCUT2D eigenvalue weighted by Gasteiger charge is 2.18. The number of pyridine rings is 3. The van der Waals surface area contributed by atoms with Crippen molar-refractivity contribution in [3.63, 3.8) is 0 Å². The molecular formula is C47H33N3O. The molecule has 3 aromatic heterocycles. The number of hydrogen-bond donors (Lipinski definition) is 0. The highest BCUT2D eigenvalue weighted by atomic mass is 16.5. The summed E-state index contributed by atoms with van der Waals surface area (Å²) in [5, 5.41) is 0. The summed E-state index contributed by atoms with van der Waals surface area (Å²) in [5.74, 6) is 0. The molecule has 0 unspecified atom stereocenters. The van der Waals surface area contributed by atoms with Gasteiger partial charge in [0, 0.05) is 47.0 Å². The maximum Gasteiger partial charge on any atom is 0.0727 e. The van der Waals surface area contributed by atoms with Crippen LogP contribution in [0.15, 0.2) is 176 Å². The Labute approximate surface area is 297 Å². The van der Waals surface area contributed by atoms with Gasteiger partial charge in [-0.3, -0.25) is 9.97 Å². The summed E-state index contributed by atoms with van der Waals surface area (Å²) in [6.07, 6.45) is 7.45. The van der Waals surface area contributed by atoms with E-state index >= 15 is 0 Å². The molecule has 0 amide bonds. The maximum absolute atomic E-state index is 6.30. The zero-order chi connectivity index (χ0) is 34.0. The number of benzene rings is 5. The van der Waals surface area contributed by atoms with Crippen molar-refractivity contribution in [1.29, 1.82) is 0 Å². The van der Waals surface area contributed by atoms with Crippen LogP contribution in [0.5, 0.6) is 0 Å². The Bertz CT molecular complexity index is 2370. The van der Waals surface area contributed by atoms with Crippen LogP contribution < -0.4 is 0 Å². The van der Waals surface area contributed by atoms with E-state index in [1.807, 2.05) is 49.1 Å². The lowest BCUT2D eigenvalue weighted by Crippen LogP contribution is -1.93. The van der Waals surface area contributed by atoms with Crippen molar-refractivity contribution in [2.75, 3.05) is 0 Å². The Kier molecular flexibility index (Phi) is 8.05. The third-order valence-corrected chi connectivity index (χ3v) is 9.57. The normalized spacial score (nSPS) is 12.1. The van der Waals surface area contributed by atoms with Crippen LogP contribution in [0.3, 0.4) is 0 Å².